The van der Waals surface area contributed by atoms with Crippen molar-refractivity contribution < 1.29 is 0 Å². The number of hydrogen-bond acceptors (Lipinski definition) is 2. The Morgan fingerprint density at radius 1 is 1.33 bits per heavy atom. The van der Waals surface area contributed by atoms with E-state index < -0.39 is 0 Å². The molecule has 4 heteroatoms. The highest BCUT2D eigenvalue weighted by Crippen LogP contribution is 2.20. The largest absolute Gasteiger partial charge is 0.339 e. The summed E-state index contributed by atoms with van der Waals surface area (Å²) in [5, 5.41) is 1.64. The van der Waals surface area contributed by atoms with Crippen LogP contribution in [0.4, 0.5) is 0 Å². The summed E-state index contributed by atoms with van der Waals surface area (Å²) in [6, 6.07) is 7.80. The van der Waals surface area contributed by atoms with Gasteiger partial charge in [0, 0.05) is 17.4 Å². The van der Waals surface area contributed by atoms with Crippen LogP contribution in [0.5, 0.6) is 0 Å². The van der Waals surface area contributed by atoms with Gasteiger partial charge < -0.3 is 4.98 Å². The molecule has 0 saturated heterocycles. The van der Waals surface area contributed by atoms with Crippen LogP contribution in [0.25, 0.3) is 21.9 Å². The van der Waals surface area contributed by atoms with E-state index in [0.29, 0.717) is 23.5 Å². The van der Waals surface area contributed by atoms with Crippen molar-refractivity contribution in [1.29, 1.82) is 0 Å². The van der Waals surface area contributed by atoms with Crippen LogP contribution >= 0.6 is 0 Å². The van der Waals surface area contributed by atoms with Gasteiger partial charge in [-0.3, -0.25) is 9.36 Å². The molecule has 3 aromatic rings. The average molecular weight is 241 g/mol. The van der Waals surface area contributed by atoms with Crippen molar-refractivity contribution in [1.82, 2.24) is 14.5 Å². The molecular weight excluding hydrogens is 226 g/mol. The molecule has 0 saturated carbocycles. The molecule has 4 nitrogen and oxygen atoms in total. The topological polar surface area (TPSA) is 50.7 Å². The zero-order chi connectivity index (χ0) is 12.7. The second-order valence-electron chi connectivity index (χ2n) is 4.99. The van der Waals surface area contributed by atoms with Gasteiger partial charge in [-0.05, 0) is 12.0 Å². The molecule has 0 bridgehead atoms. The summed E-state index contributed by atoms with van der Waals surface area (Å²) in [6.07, 6.45) is 1.63. The fourth-order valence-corrected chi connectivity index (χ4v) is 2.29. The Balaban J connectivity index is 2.36. The lowest BCUT2D eigenvalue weighted by Gasteiger charge is -2.07. The molecule has 18 heavy (non-hydrogen) atoms. The van der Waals surface area contributed by atoms with Gasteiger partial charge in [-0.1, -0.05) is 32.0 Å². The lowest BCUT2D eigenvalue weighted by molar-refractivity contribution is 0.508. The lowest BCUT2D eigenvalue weighted by Crippen LogP contribution is -2.22. The second-order valence-corrected chi connectivity index (χ2v) is 4.99. The highest BCUT2D eigenvalue weighted by atomic mass is 16.1. The van der Waals surface area contributed by atoms with Crippen molar-refractivity contribution in [2.24, 2.45) is 5.92 Å². The third-order valence-electron chi connectivity index (χ3n) is 3.05. The van der Waals surface area contributed by atoms with Gasteiger partial charge in [0.15, 0.2) is 0 Å². The first-order valence-electron chi connectivity index (χ1n) is 6.12. The van der Waals surface area contributed by atoms with Crippen molar-refractivity contribution in [3.05, 3.63) is 40.9 Å². The van der Waals surface area contributed by atoms with E-state index in [2.05, 4.69) is 23.8 Å². The van der Waals surface area contributed by atoms with Crippen molar-refractivity contribution >= 4 is 21.9 Å². The molecule has 0 unspecified atom stereocenters. The second kappa shape index (κ2) is 3.98. The van der Waals surface area contributed by atoms with E-state index in [-0.39, 0.29) is 5.56 Å². The first-order chi connectivity index (χ1) is 8.66. The molecule has 2 aromatic heterocycles. The maximum Gasteiger partial charge on any atom is 0.263 e. The standard InChI is InChI=1S/C14H15N3O/c1-9(2)7-17-8-15-13-12(14(17)18)10-5-3-4-6-11(10)16-13/h3-6,8-9,16H,7H2,1-2H3. The number of hydrogen-bond donors (Lipinski definition) is 1. The molecule has 0 aliphatic heterocycles. The van der Waals surface area contributed by atoms with Crippen LogP contribution in [0.15, 0.2) is 35.4 Å². The first-order valence-corrected chi connectivity index (χ1v) is 6.12. The fraction of sp³-hybridized carbons (Fsp3) is 0.286. The Labute approximate surface area is 104 Å². The van der Waals surface area contributed by atoms with Gasteiger partial charge in [-0.15, -0.1) is 0 Å². The Bertz CT molecular complexity index is 767. The van der Waals surface area contributed by atoms with Crippen LogP contribution in [-0.2, 0) is 6.54 Å². The fourth-order valence-electron chi connectivity index (χ4n) is 2.29. The number of nitrogens with zero attached hydrogens (tertiary/aromatic N) is 2. The summed E-state index contributed by atoms with van der Waals surface area (Å²) in [5.41, 5.74) is 1.66. The van der Waals surface area contributed by atoms with Gasteiger partial charge in [-0.25, -0.2) is 4.98 Å². The quantitative estimate of drug-likeness (QED) is 0.749. The summed E-state index contributed by atoms with van der Waals surface area (Å²) >= 11 is 0. The zero-order valence-corrected chi connectivity index (χ0v) is 10.5. The Kier molecular flexibility index (Phi) is 2.44. The number of aromatic amines is 1. The molecule has 2 heterocycles. The zero-order valence-electron chi connectivity index (χ0n) is 10.5. The maximum atomic E-state index is 12.4. The number of nitrogens with one attached hydrogen (secondary N) is 1. The Morgan fingerprint density at radius 3 is 2.89 bits per heavy atom. The number of benzene rings is 1. The molecule has 1 aromatic carbocycles. The van der Waals surface area contributed by atoms with E-state index in [1.165, 1.54) is 0 Å². The van der Waals surface area contributed by atoms with Gasteiger partial charge in [-0.2, -0.15) is 0 Å². The summed E-state index contributed by atoms with van der Waals surface area (Å²) < 4.78 is 1.69. The SMILES string of the molecule is CC(C)Cn1cnc2[nH]c3ccccc3c2c1=O. The van der Waals surface area contributed by atoms with Crippen LogP contribution in [0.2, 0.25) is 0 Å². The van der Waals surface area contributed by atoms with E-state index >= 15 is 0 Å². The summed E-state index contributed by atoms with van der Waals surface area (Å²) in [6.45, 7) is 4.87. The molecule has 0 amide bonds. The molecule has 92 valence electrons. The maximum absolute atomic E-state index is 12.4. The van der Waals surface area contributed by atoms with Crippen LogP contribution < -0.4 is 5.56 Å². The smallest absolute Gasteiger partial charge is 0.263 e. The van der Waals surface area contributed by atoms with E-state index in [9.17, 15) is 4.79 Å². The molecule has 0 aliphatic rings. The van der Waals surface area contributed by atoms with Crippen LogP contribution in [-0.4, -0.2) is 14.5 Å². The van der Waals surface area contributed by atoms with Gasteiger partial charge in [0.2, 0.25) is 0 Å². The van der Waals surface area contributed by atoms with E-state index in [0.717, 1.165) is 10.9 Å². The van der Waals surface area contributed by atoms with Gasteiger partial charge in [0.25, 0.3) is 5.56 Å². The minimum Gasteiger partial charge on any atom is -0.339 e. The minimum atomic E-state index is 0.0335. The number of para-hydroxylation sites is 1. The van der Waals surface area contributed by atoms with Gasteiger partial charge in [0.05, 0.1) is 11.7 Å². The molecule has 0 spiro atoms. The molecule has 0 fully saturated rings. The molecule has 0 atom stereocenters. The van der Waals surface area contributed by atoms with E-state index in [1.54, 1.807) is 10.9 Å². The Hall–Kier alpha value is -2.10. The van der Waals surface area contributed by atoms with Crippen LogP contribution in [0.1, 0.15) is 13.8 Å². The van der Waals surface area contributed by atoms with Crippen molar-refractivity contribution in [3.8, 4) is 0 Å². The van der Waals surface area contributed by atoms with E-state index in [4.69, 9.17) is 0 Å². The lowest BCUT2D eigenvalue weighted by atomic mass is 10.2. The first kappa shape index (κ1) is 11.0. The van der Waals surface area contributed by atoms with Crippen LogP contribution in [0.3, 0.4) is 0 Å². The number of aromatic nitrogens is 3. The van der Waals surface area contributed by atoms with Crippen molar-refractivity contribution in [2.75, 3.05) is 0 Å². The summed E-state index contributed by atoms with van der Waals surface area (Å²) in [5.74, 6) is 0.423. The normalized spacial score (nSPS) is 11.7. The number of fused-ring (bicyclic) bond motifs is 3. The third kappa shape index (κ3) is 1.61. The molecule has 1 N–H and O–H groups in total. The molecular formula is C14H15N3O. The average Bonchev–Trinajstić information content (AvgIpc) is 2.71. The van der Waals surface area contributed by atoms with Gasteiger partial charge >= 0.3 is 0 Å². The predicted molar refractivity (Wildman–Crippen MR) is 72.7 cm³/mol. The highest BCUT2D eigenvalue weighted by molar-refractivity contribution is 6.05. The third-order valence-corrected chi connectivity index (χ3v) is 3.05. The molecule has 0 radical (unpaired) electrons. The van der Waals surface area contributed by atoms with Gasteiger partial charge in [0.1, 0.15) is 5.65 Å². The van der Waals surface area contributed by atoms with Crippen LogP contribution in [0, 0.1) is 5.92 Å². The molecule has 0 aliphatic carbocycles. The van der Waals surface area contributed by atoms with E-state index in [1.807, 2.05) is 24.3 Å². The number of rotatable bonds is 2. The minimum absolute atomic E-state index is 0.0335. The number of H-pyrrole nitrogens is 1. The monoisotopic (exact) mass is 241 g/mol. The Morgan fingerprint density at radius 2 is 2.11 bits per heavy atom. The highest BCUT2D eigenvalue weighted by Gasteiger charge is 2.11. The summed E-state index contributed by atoms with van der Waals surface area (Å²) in [7, 11) is 0. The summed E-state index contributed by atoms with van der Waals surface area (Å²) in [4.78, 5) is 20.0. The predicted octanol–water partition coefficient (Wildman–Crippen LogP) is 2.53. The van der Waals surface area contributed by atoms with Crippen molar-refractivity contribution in [2.45, 2.75) is 20.4 Å². The molecule has 3 rings (SSSR count). The van der Waals surface area contributed by atoms with Crippen molar-refractivity contribution in [3.63, 3.8) is 0 Å².